The number of nitrogens with two attached hydrogens (primary N) is 1. The monoisotopic (exact) mass is 261 g/mol. The summed E-state index contributed by atoms with van der Waals surface area (Å²) >= 11 is 1.75. The van der Waals surface area contributed by atoms with E-state index in [1.165, 1.54) is 11.1 Å². The summed E-state index contributed by atoms with van der Waals surface area (Å²) in [5, 5.41) is 5.57. The summed E-state index contributed by atoms with van der Waals surface area (Å²) in [5.74, 6) is 1.77. The van der Waals surface area contributed by atoms with Crippen molar-refractivity contribution in [3.8, 4) is 5.69 Å². The predicted molar refractivity (Wildman–Crippen MR) is 78.5 cm³/mol. The van der Waals surface area contributed by atoms with Gasteiger partial charge in [-0.05, 0) is 43.2 Å². The molecular weight excluding hydrogens is 242 g/mol. The number of anilines is 1. The van der Waals surface area contributed by atoms with E-state index in [0.717, 1.165) is 22.9 Å². The number of hydrogen-bond acceptors (Lipinski definition) is 3. The molecule has 0 spiro atoms. The van der Waals surface area contributed by atoms with Crippen LogP contribution in [0.25, 0.3) is 5.69 Å². The van der Waals surface area contributed by atoms with Crippen LogP contribution in [0.3, 0.4) is 0 Å². The second-order valence-electron chi connectivity index (χ2n) is 4.46. The molecule has 1 aromatic heterocycles. The van der Waals surface area contributed by atoms with Crippen molar-refractivity contribution >= 4 is 17.6 Å². The summed E-state index contributed by atoms with van der Waals surface area (Å²) in [6.45, 7) is 6.32. The highest BCUT2D eigenvalue weighted by molar-refractivity contribution is 7.99. The van der Waals surface area contributed by atoms with Gasteiger partial charge in [0.05, 0.1) is 5.69 Å². The Balaban J connectivity index is 2.38. The zero-order valence-electron chi connectivity index (χ0n) is 11.1. The molecule has 0 amide bonds. The van der Waals surface area contributed by atoms with E-state index in [9.17, 15) is 0 Å². The summed E-state index contributed by atoms with van der Waals surface area (Å²) in [5.41, 5.74) is 9.52. The number of aryl methyl sites for hydroxylation is 2. The fraction of sp³-hybridized carbons (Fsp3) is 0.357. The Bertz CT molecular complexity index is 546. The van der Waals surface area contributed by atoms with Crippen LogP contribution in [0.1, 0.15) is 24.5 Å². The lowest BCUT2D eigenvalue weighted by Crippen LogP contribution is -2.03. The Kier molecular flexibility index (Phi) is 3.97. The first-order valence-corrected chi connectivity index (χ1v) is 7.16. The fourth-order valence-electron chi connectivity index (χ4n) is 1.79. The van der Waals surface area contributed by atoms with Gasteiger partial charge in [-0.3, -0.25) is 0 Å². The summed E-state index contributed by atoms with van der Waals surface area (Å²) in [4.78, 5) is 0. The van der Waals surface area contributed by atoms with Crippen LogP contribution in [0, 0.1) is 13.8 Å². The normalized spacial score (nSPS) is 10.8. The zero-order valence-corrected chi connectivity index (χ0v) is 11.9. The van der Waals surface area contributed by atoms with Crippen molar-refractivity contribution < 1.29 is 0 Å². The standard InChI is InChI=1S/C14H19N3S/c1-4-7-18-14-9-13(15)17(16-14)12-8-10(2)5-6-11(12)3/h5-6,8-9H,4,7,15H2,1-3H3. The number of benzene rings is 1. The van der Waals surface area contributed by atoms with Gasteiger partial charge in [-0.25, -0.2) is 4.68 Å². The summed E-state index contributed by atoms with van der Waals surface area (Å²) in [7, 11) is 0. The first kappa shape index (κ1) is 13.0. The smallest absolute Gasteiger partial charge is 0.128 e. The first-order valence-electron chi connectivity index (χ1n) is 6.17. The van der Waals surface area contributed by atoms with Gasteiger partial charge in [0.25, 0.3) is 0 Å². The summed E-state index contributed by atoms with van der Waals surface area (Å²) in [6, 6.07) is 8.27. The third kappa shape index (κ3) is 2.70. The molecule has 3 nitrogen and oxygen atoms in total. The molecule has 0 bridgehead atoms. The van der Waals surface area contributed by atoms with Crippen LogP contribution in [-0.4, -0.2) is 15.5 Å². The molecule has 2 rings (SSSR count). The van der Waals surface area contributed by atoms with Gasteiger partial charge >= 0.3 is 0 Å². The molecule has 0 aliphatic rings. The minimum absolute atomic E-state index is 0.697. The maximum Gasteiger partial charge on any atom is 0.128 e. The van der Waals surface area contributed by atoms with Gasteiger partial charge in [0.1, 0.15) is 10.8 Å². The topological polar surface area (TPSA) is 43.8 Å². The van der Waals surface area contributed by atoms with Crippen LogP contribution < -0.4 is 5.73 Å². The third-order valence-corrected chi connectivity index (χ3v) is 3.87. The van der Waals surface area contributed by atoms with E-state index in [-0.39, 0.29) is 0 Å². The van der Waals surface area contributed by atoms with Gasteiger partial charge < -0.3 is 5.73 Å². The van der Waals surface area contributed by atoms with Gasteiger partial charge in [-0.1, -0.05) is 19.1 Å². The van der Waals surface area contributed by atoms with Crippen LogP contribution in [0.5, 0.6) is 0 Å². The molecule has 0 atom stereocenters. The lowest BCUT2D eigenvalue weighted by atomic mass is 10.1. The van der Waals surface area contributed by atoms with Gasteiger partial charge in [0.2, 0.25) is 0 Å². The zero-order chi connectivity index (χ0) is 13.1. The number of nitrogens with zero attached hydrogens (tertiary/aromatic N) is 2. The van der Waals surface area contributed by atoms with Crippen molar-refractivity contribution in [2.75, 3.05) is 11.5 Å². The van der Waals surface area contributed by atoms with E-state index in [1.807, 2.05) is 10.7 Å². The molecule has 18 heavy (non-hydrogen) atoms. The molecule has 2 N–H and O–H groups in total. The van der Waals surface area contributed by atoms with Gasteiger partial charge in [0, 0.05) is 6.07 Å². The molecule has 1 heterocycles. The van der Waals surface area contributed by atoms with Gasteiger partial charge in [-0.15, -0.1) is 11.8 Å². The number of rotatable bonds is 4. The molecule has 4 heteroatoms. The maximum atomic E-state index is 6.05. The van der Waals surface area contributed by atoms with Crippen LogP contribution in [0.15, 0.2) is 29.3 Å². The largest absolute Gasteiger partial charge is 0.384 e. The molecule has 2 aromatic rings. The van der Waals surface area contributed by atoms with E-state index in [2.05, 4.69) is 44.1 Å². The van der Waals surface area contributed by atoms with Crippen LogP contribution in [0.4, 0.5) is 5.82 Å². The van der Waals surface area contributed by atoms with E-state index in [1.54, 1.807) is 11.8 Å². The molecule has 0 aliphatic heterocycles. The predicted octanol–water partition coefficient (Wildman–Crippen LogP) is 3.57. The van der Waals surface area contributed by atoms with Crippen LogP contribution >= 0.6 is 11.8 Å². The summed E-state index contributed by atoms with van der Waals surface area (Å²) < 4.78 is 1.83. The summed E-state index contributed by atoms with van der Waals surface area (Å²) in [6.07, 6.45) is 1.14. The number of hydrogen-bond donors (Lipinski definition) is 1. The first-order chi connectivity index (χ1) is 8.61. The van der Waals surface area contributed by atoms with E-state index >= 15 is 0 Å². The molecule has 96 valence electrons. The Morgan fingerprint density at radius 3 is 2.78 bits per heavy atom. The Morgan fingerprint density at radius 1 is 1.28 bits per heavy atom. The van der Waals surface area contributed by atoms with Crippen molar-refractivity contribution in [2.24, 2.45) is 0 Å². The average Bonchev–Trinajstić information content (AvgIpc) is 2.71. The Morgan fingerprint density at radius 2 is 2.06 bits per heavy atom. The van der Waals surface area contributed by atoms with Crippen LogP contribution in [-0.2, 0) is 0 Å². The van der Waals surface area contributed by atoms with Gasteiger partial charge in [0.15, 0.2) is 0 Å². The quantitative estimate of drug-likeness (QED) is 0.856. The molecule has 1 aromatic carbocycles. The lowest BCUT2D eigenvalue weighted by molar-refractivity contribution is 0.838. The molecule has 0 aliphatic carbocycles. The highest BCUT2D eigenvalue weighted by Crippen LogP contribution is 2.24. The van der Waals surface area contributed by atoms with Gasteiger partial charge in [-0.2, -0.15) is 5.10 Å². The van der Waals surface area contributed by atoms with Crippen molar-refractivity contribution in [3.05, 3.63) is 35.4 Å². The molecule has 0 fully saturated rings. The number of aromatic nitrogens is 2. The Labute approximate surface area is 112 Å². The molecule has 0 saturated carbocycles. The second-order valence-corrected chi connectivity index (χ2v) is 5.57. The maximum absolute atomic E-state index is 6.05. The van der Waals surface area contributed by atoms with Crippen LogP contribution in [0.2, 0.25) is 0 Å². The third-order valence-electron chi connectivity index (χ3n) is 2.76. The SMILES string of the molecule is CCCSc1cc(N)n(-c2cc(C)ccc2C)n1. The second kappa shape index (κ2) is 5.48. The highest BCUT2D eigenvalue weighted by atomic mass is 32.2. The molecule has 0 unspecified atom stereocenters. The highest BCUT2D eigenvalue weighted by Gasteiger charge is 2.09. The lowest BCUT2D eigenvalue weighted by Gasteiger charge is -2.08. The minimum atomic E-state index is 0.697. The number of nitrogen functional groups attached to an aromatic ring is 1. The van der Waals surface area contributed by atoms with E-state index in [0.29, 0.717) is 5.82 Å². The van der Waals surface area contributed by atoms with Crippen molar-refractivity contribution in [3.63, 3.8) is 0 Å². The average molecular weight is 261 g/mol. The molecular formula is C14H19N3S. The van der Waals surface area contributed by atoms with E-state index in [4.69, 9.17) is 5.73 Å². The van der Waals surface area contributed by atoms with Crippen molar-refractivity contribution in [1.29, 1.82) is 0 Å². The molecule has 0 radical (unpaired) electrons. The van der Waals surface area contributed by atoms with Crippen molar-refractivity contribution in [2.45, 2.75) is 32.2 Å². The molecule has 0 saturated heterocycles. The van der Waals surface area contributed by atoms with E-state index < -0.39 is 0 Å². The Hall–Kier alpha value is -1.42. The fourth-order valence-corrected chi connectivity index (χ4v) is 2.55. The van der Waals surface area contributed by atoms with Crippen molar-refractivity contribution in [1.82, 2.24) is 9.78 Å². The minimum Gasteiger partial charge on any atom is -0.384 e. The number of thioether (sulfide) groups is 1.